The molecule has 0 amide bonds. The number of thiazole rings is 1. The van der Waals surface area contributed by atoms with Crippen LogP contribution in [-0.4, -0.2) is 4.98 Å². The molecule has 2 rings (SSSR count). The lowest BCUT2D eigenvalue weighted by Crippen LogP contribution is -2.12. The van der Waals surface area contributed by atoms with E-state index in [9.17, 15) is 0 Å². The maximum atomic E-state index is 9.02. The Balaban J connectivity index is 2.07. The van der Waals surface area contributed by atoms with E-state index in [0.29, 0.717) is 12.1 Å². The molecule has 1 aromatic heterocycles. The smallest absolute Gasteiger partial charge is 0.112 e. The number of hydrogen-bond acceptors (Lipinski definition) is 4. The number of anilines is 1. The Labute approximate surface area is 117 Å². The molecule has 0 aliphatic heterocycles. The molecule has 2 aromatic rings. The molecular weight excluding hydrogens is 254 g/mol. The highest BCUT2D eigenvalue weighted by atomic mass is 32.1. The van der Waals surface area contributed by atoms with Gasteiger partial charge < -0.3 is 5.32 Å². The standard InChI is InChI=1S/C15H17N3S/c1-15(2,3)13-10-19-14(18-13)9-17-12-7-5-4-6-11(12)8-16/h4-7,10,17H,9H2,1-3H3. The molecule has 0 unspecified atom stereocenters. The number of hydrogen-bond donors (Lipinski definition) is 1. The van der Waals surface area contributed by atoms with Crippen molar-refractivity contribution in [2.75, 3.05) is 5.32 Å². The van der Waals surface area contributed by atoms with Crippen molar-refractivity contribution in [1.82, 2.24) is 4.98 Å². The van der Waals surface area contributed by atoms with Gasteiger partial charge in [-0.05, 0) is 12.1 Å². The summed E-state index contributed by atoms with van der Waals surface area (Å²) in [5.41, 5.74) is 2.72. The lowest BCUT2D eigenvalue weighted by atomic mass is 9.93. The molecule has 1 aromatic carbocycles. The Hall–Kier alpha value is -1.86. The van der Waals surface area contributed by atoms with Crippen molar-refractivity contribution in [1.29, 1.82) is 5.26 Å². The van der Waals surface area contributed by atoms with Crippen LogP contribution in [0, 0.1) is 11.3 Å². The van der Waals surface area contributed by atoms with Crippen molar-refractivity contribution in [3.05, 3.63) is 45.9 Å². The first-order chi connectivity index (χ1) is 9.00. The zero-order chi connectivity index (χ0) is 13.9. The molecule has 0 fully saturated rings. The fraction of sp³-hybridized carbons (Fsp3) is 0.333. The van der Waals surface area contributed by atoms with Gasteiger partial charge in [-0.15, -0.1) is 11.3 Å². The number of aromatic nitrogens is 1. The quantitative estimate of drug-likeness (QED) is 0.920. The summed E-state index contributed by atoms with van der Waals surface area (Å²) >= 11 is 1.65. The summed E-state index contributed by atoms with van der Waals surface area (Å²) in [5.74, 6) is 0. The minimum Gasteiger partial charge on any atom is -0.377 e. The summed E-state index contributed by atoms with van der Waals surface area (Å²) in [5, 5.41) is 15.4. The van der Waals surface area contributed by atoms with Crippen molar-refractivity contribution in [3.8, 4) is 6.07 Å². The molecule has 0 bridgehead atoms. The van der Waals surface area contributed by atoms with E-state index in [-0.39, 0.29) is 5.41 Å². The van der Waals surface area contributed by atoms with Gasteiger partial charge in [-0.25, -0.2) is 4.98 Å². The molecule has 3 nitrogen and oxygen atoms in total. The predicted octanol–water partition coefficient (Wildman–Crippen LogP) is 3.92. The van der Waals surface area contributed by atoms with Crippen molar-refractivity contribution in [3.63, 3.8) is 0 Å². The zero-order valence-corrected chi connectivity index (χ0v) is 12.2. The van der Waals surface area contributed by atoms with Crippen LogP contribution in [0.5, 0.6) is 0 Å². The van der Waals surface area contributed by atoms with Crippen LogP contribution in [0.25, 0.3) is 0 Å². The highest BCUT2D eigenvalue weighted by Gasteiger charge is 2.17. The Morgan fingerprint density at radius 1 is 1.32 bits per heavy atom. The zero-order valence-electron chi connectivity index (χ0n) is 11.4. The fourth-order valence-electron chi connectivity index (χ4n) is 1.64. The van der Waals surface area contributed by atoms with Crippen LogP contribution >= 0.6 is 11.3 Å². The molecule has 0 aliphatic rings. The van der Waals surface area contributed by atoms with E-state index in [2.05, 4.69) is 42.5 Å². The van der Waals surface area contributed by atoms with Crippen LogP contribution in [0.1, 0.15) is 37.0 Å². The number of nitrogens with zero attached hydrogens (tertiary/aromatic N) is 2. The first kappa shape index (κ1) is 13.6. The van der Waals surface area contributed by atoms with E-state index in [4.69, 9.17) is 5.26 Å². The first-order valence-corrected chi connectivity index (χ1v) is 7.06. The summed E-state index contributed by atoms with van der Waals surface area (Å²) in [6, 6.07) is 9.69. The largest absolute Gasteiger partial charge is 0.377 e. The van der Waals surface area contributed by atoms with E-state index in [1.165, 1.54) is 0 Å². The lowest BCUT2D eigenvalue weighted by Gasteiger charge is -2.14. The first-order valence-electron chi connectivity index (χ1n) is 6.18. The molecule has 0 aliphatic carbocycles. The molecule has 0 spiro atoms. The molecule has 0 saturated heterocycles. The average molecular weight is 271 g/mol. The SMILES string of the molecule is CC(C)(C)c1csc(CNc2ccccc2C#N)n1. The minimum atomic E-state index is 0.0827. The summed E-state index contributed by atoms with van der Waals surface area (Å²) < 4.78 is 0. The fourth-order valence-corrected chi connectivity index (χ4v) is 2.60. The third-order valence-electron chi connectivity index (χ3n) is 2.80. The van der Waals surface area contributed by atoms with Crippen LogP contribution in [0.2, 0.25) is 0 Å². The molecule has 4 heteroatoms. The highest BCUT2D eigenvalue weighted by molar-refractivity contribution is 7.09. The average Bonchev–Trinajstić information content (AvgIpc) is 2.85. The molecule has 0 saturated carbocycles. The maximum absolute atomic E-state index is 9.02. The monoisotopic (exact) mass is 271 g/mol. The van der Waals surface area contributed by atoms with Crippen molar-refractivity contribution < 1.29 is 0 Å². The van der Waals surface area contributed by atoms with E-state index >= 15 is 0 Å². The molecule has 98 valence electrons. The lowest BCUT2D eigenvalue weighted by molar-refractivity contribution is 0.571. The van der Waals surface area contributed by atoms with E-state index in [1.54, 1.807) is 11.3 Å². The minimum absolute atomic E-state index is 0.0827. The second-order valence-electron chi connectivity index (χ2n) is 5.39. The van der Waals surface area contributed by atoms with Crippen LogP contribution in [0.4, 0.5) is 5.69 Å². The normalized spacial score (nSPS) is 11.1. The molecule has 0 radical (unpaired) electrons. The van der Waals surface area contributed by atoms with Gasteiger partial charge in [0.05, 0.1) is 23.5 Å². The number of nitrogens with one attached hydrogen (secondary N) is 1. The number of benzene rings is 1. The molecular formula is C15H17N3S. The summed E-state index contributed by atoms with van der Waals surface area (Å²) in [6.07, 6.45) is 0. The van der Waals surface area contributed by atoms with E-state index < -0.39 is 0 Å². The van der Waals surface area contributed by atoms with Gasteiger partial charge >= 0.3 is 0 Å². The Morgan fingerprint density at radius 3 is 2.68 bits per heavy atom. The van der Waals surface area contributed by atoms with Gasteiger partial charge in [0, 0.05) is 10.8 Å². The molecule has 1 N–H and O–H groups in total. The van der Waals surface area contributed by atoms with Gasteiger partial charge in [0.15, 0.2) is 0 Å². The maximum Gasteiger partial charge on any atom is 0.112 e. The van der Waals surface area contributed by atoms with Gasteiger partial charge in [-0.3, -0.25) is 0 Å². The van der Waals surface area contributed by atoms with Crippen LogP contribution in [0.15, 0.2) is 29.6 Å². The van der Waals surface area contributed by atoms with Crippen LogP contribution in [-0.2, 0) is 12.0 Å². The van der Waals surface area contributed by atoms with Gasteiger partial charge in [0.2, 0.25) is 0 Å². The third-order valence-corrected chi connectivity index (χ3v) is 3.65. The van der Waals surface area contributed by atoms with Crippen LogP contribution < -0.4 is 5.32 Å². The van der Waals surface area contributed by atoms with E-state index in [1.807, 2.05) is 24.3 Å². The van der Waals surface area contributed by atoms with Gasteiger partial charge in [-0.2, -0.15) is 5.26 Å². The number of nitriles is 1. The second-order valence-corrected chi connectivity index (χ2v) is 6.33. The Kier molecular flexibility index (Phi) is 3.87. The van der Waals surface area contributed by atoms with Crippen molar-refractivity contribution in [2.24, 2.45) is 0 Å². The predicted molar refractivity (Wildman–Crippen MR) is 79.3 cm³/mol. The topological polar surface area (TPSA) is 48.7 Å². The Bertz CT molecular complexity index is 602. The van der Waals surface area contributed by atoms with Crippen molar-refractivity contribution in [2.45, 2.75) is 32.7 Å². The second kappa shape index (κ2) is 5.41. The van der Waals surface area contributed by atoms with Gasteiger partial charge in [-0.1, -0.05) is 32.9 Å². The van der Waals surface area contributed by atoms with Crippen LogP contribution in [0.3, 0.4) is 0 Å². The van der Waals surface area contributed by atoms with E-state index in [0.717, 1.165) is 16.4 Å². The summed E-state index contributed by atoms with van der Waals surface area (Å²) in [4.78, 5) is 4.63. The highest BCUT2D eigenvalue weighted by Crippen LogP contribution is 2.24. The van der Waals surface area contributed by atoms with Gasteiger partial charge in [0.25, 0.3) is 0 Å². The molecule has 1 heterocycles. The molecule has 0 atom stereocenters. The van der Waals surface area contributed by atoms with Crippen molar-refractivity contribution >= 4 is 17.0 Å². The number of rotatable bonds is 3. The summed E-state index contributed by atoms with van der Waals surface area (Å²) in [6.45, 7) is 7.12. The summed E-state index contributed by atoms with van der Waals surface area (Å²) in [7, 11) is 0. The van der Waals surface area contributed by atoms with Gasteiger partial charge in [0.1, 0.15) is 11.1 Å². The third kappa shape index (κ3) is 3.33. The number of para-hydroxylation sites is 1. The molecule has 19 heavy (non-hydrogen) atoms. The Morgan fingerprint density at radius 2 is 2.05 bits per heavy atom.